The number of aliphatic hydroxyl groups excluding tert-OH is 2. The normalized spacial score (nSPS) is 13.1. The summed E-state index contributed by atoms with van der Waals surface area (Å²) in [5.41, 5.74) is 2.08. The van der Waals surface area contributed by atoms with E-state index in [-0.39, 0.29) is 31.3 Å². The van der Waals surface area contributed by atoms with Gasteiger partial charge < -0.3 is 20.8 Å². The first-order valence-electron chi connectivity index (χ1n) is 8.08. The van der Waals surface area contributed by atoms with Crippen molar-refractivity contribution >= 4 is 6.03 Å². The van der Waals surface area contributed by atoms with Crippen molar-refractivity contribution in [3.63, 3.8) is 0 Å². The number of aliphatic hydroxyl groups is 2. The molecule has 0 heterocycles. The Morgan fingerprint density at radius 1 is 0.750 bits per heavy atom. The lowest BCUT2D eigenvalue weighted by Gasteiger charge is -2.21. The maximum absolute atomic E-state index is 12.1. The van der Waals surface area contributed by atoms with E-state index in [1.807, 2.05) is 60.7 Å². The zero-order valence-electron chi connectivity index (χ0n) is 13.6. The van der Waals surface area contributed by atoms with Crippen molar-refractivity contribution < 1.29 is 15.0 Å². The lowest BCUT2D eigenvalue weighted by Crippen LogP contribution is -2.49. The predicted octanol–water partition coefficient (Wildman–Crippen LogP) is 1.49. The molecule has 0 aromatic heterocycles. The van der Waals surface area contributed by atoms with Crippen LogP contribution in [0, 0.1) is 0 Å². The van der Waals surface area contributed by atoms with Gasteiger partial charge in [0, 0.05) is 0 Å². The first-order chi connectivity index (χ1) is 11.7. The minimum Gasteiger partial charge on any atom is -0.394 e. The van der Waals surface area contributed by atoms with Gasteiger partial charge in [-0.3, -0.25) is 0 Å². The third kappa shape index (κ3) is 6.02. The Bertz CT molecular complexity index is 551. The summed E-state index contributed by atoms with van der Waals surface area (Å²) in [4.78, 5) is 12.1. The third-order valence-electron chi connectivity index (χ3n) is 3.76. The van der Waals surface area contributed by atoms with E-state index in [2.05, 4.69) is 10.6 Å². The minimum atomic E-state index is -0.389. The molecule has 5 nitrogen and oxygen atoms in total. The van der Waals surface area contributed by atoms with Crippen molar-refractivity contribution in [2.45, 2.75) is 24.9 Å². The van der Waals surface area contributed by atoms with Crippen LogP contribution >= 0.6 is 0 Å². The highest BCUT2D eigenvalue weighted by Gasteiger charge is 2.16. The van der Waals surface area contributed by atoms with Crippen LogP contribution in [0.1, 0.15) is 11.1 Å². The van der Waals surface area contributed by atoms with Crippen molar-refractivity contribution in [3.8, 4) is 0 Å². The number of amides is 2. The van der Waals surface area contributed by atoms with Gasteiger partial charge in [0.1, 0.15) is 0 Å². The molecule has 2 aromatic rings. The van der Waals surface area contributed by atoms with E-state index in [0.29, 0.717) is 12.8 Å². The molecule has 0 radical (unpaired) electrons. The highest BCUT2D eigenvalue weighted by molar-refractivity contribution is 5.74. The van der Waals surface area contributed by atoms with Crippen LogP contribution in [0.15, 0.2) is 60.7 Å². The maximum Gasteiger partial charge on any atom is 0.315 e. The Hall–Kier alpha value is -2.37. The third-order valence-corrected chi connectivity index (χ3v) is 3.76. The molecule has 128 valence electrons. The molecule has 0 aliphatic carbocycles. The minimum absolute atomic E-state index is 0.148. The zero-order chi connectivity index (χ0) is 17.2. The standard InChI is InChI=1S/C19H24N2O3/c22-13-17(11-15-7-3-1-4-8-15)20-19(24)21-18(14-23)12-16-9-5-2-6-10-16/h1-10,17-18,22-23H,11-14H2,(H2,20,21,24)/t17-,18-/m1/s1. The van der Waals surface area contributed by atoms with Crippen molar-refractivity contribution in [2.75, 3.05) is 13.2 Å². The molecule has 2 aromatic carbocycles. The molecule has 0 aliphatic rings. The lowest BCUT2D eigenvalue weighted by molar-refractivity contribution is 0.201. The average Bonchev–Trinajstić information content (AvgIpc) is 2.62. The number of rotatable bonds is 8. The summed E-state index contributed by atoms with van der Waals surface area (Å²) in [5, 5.41) is 24.5. The monoisotopic (exact) mass is 328 g/mol. The predicted molar refractivity (Wildman–Crippen MR) is 93.7 cm³/mol. The van der Waals surface area contributed by atoms with Gasteiger partial charge >= 0.3 is 6.03 Å². The van der Waals surface area contributed by atoms with Gasteiger partial charge in [0.15, 0.2) is 0 Å². The summed E-state index contributed by atoms with van der Waals surface area (Å²) in [6.07, 6.45) is 1.10. The van der Waals surface area contributed by atoms with Crippen LogP contribution in [0.2, 0.25) is 0 Å². The van der Waals surface area contributed by atoms with Crippen LogP contribution in [0.3, 0.4) is 0 Å². The summed E-state index contributed by atoms with van der Waals surface area (Å²) in [6, 6.07) is 18.2. The molecule has 2 amide bonds. The topological polar surface area (TPSA) is 81.6 Å². The fourth-order valence-corrected chi connectivity index (χ4v) is 2.53. The molecule has 0 fully saturated rings. The molecule has 4 N–H and O–H groups in total. The fourth-order valence-electron chi connectivity index (χ4n) is 2.53. The van der Waals surface area contributed by atoms with Gasteiger partial charge in [-0.1, -0.05) is 60.7 Å². The smallest absolute Gasteiger partial charge is 0.315 e. The van der Waals surface area contributed by atoms with Gasteiger partial charge in [-0.25, -0.2) is 4.79 Å². The van der Waals surface area contributed by atoms with Gasteiger partial charge in [-0.2, -0.15) is 0 Å². The van der Waals surface area contributed by atoms with Crippen LogP contribution in [0.4, 0.5) is 4.79 Å². The van der Waals surface area contributed by atoms with E-state index in [0.717, 1.165) is 11.1 Å². The van der Waals surface area contributed by atoms with E-state index >= 15 is 0 Å². The van der Waals surface area contributed by atoms with Crippen molar-refractivity contribution in [3.05, 3.63) is 71.8 Å². The van der Waals surface area contributed by atoms with Crippen molar-refractivity contribution in [1.29, 1.82) is 0 Å². The fraction of sp³-hybridized carbons (Fsp3) is 0.316. The Morgan fingerprint density at radius 2 is 1.12 bits per heavy atom. The number of hydrogen-bond donors (Lipinski definition) is 4. The molecule has 0 aliphatic heterocycles. The number of urea groups is 1. The summed E-state index contributed by atoms with van der Waals surface area (Å²) >= 11 is 0. The maximum atomic E-state index is 12.1. The first kappa shape index (κ1) is 18.0. The van der Waals surface area contributed by atoms with E-state index in [9.17, 15) is 15.0 Å². The SMILES string of the molecule is O=C(N[C@@H](CO)Cc1ccccc1)N[C@@H](CO)Cc1ccccc1. The summed E-state index contributed by atoms with van der Waals surface area (Å²) in [6.45, 7) is -0.296. The Balaban J connectivity index is 1.85. The Labute approximate surface area is 142 Å². The molecule has 2 rings (SSSR count). The number of nitrogens with one attached hydrogen (secondary N) is 2. The second kappa shape index (κ2) is 9.70. The summed E-state index contributed by atoms with van der Waals surface area (Å²) < 4.78 is 0. The first-order valence-corrected chi connectivity index (χ1v) is 8.08. The van der Waals surface area contributed by atoms with Crippen LogP contribution < -0.4 is 10.6 Å². The Morgan fingerprint density at radius 3 is 1.46 bits per heavy atom. The number of carbonyl (C=O) groups excluding carboxylic acids is 1. The van der Waals surface area contributed by atoms with E-state index in [1.54, 1.807) is 0 Å². The second-order valence-electron chi connectivity index (χ2n) is 5.76. The Kier molecular flexibility index (Phi) is 7.26. The molecule has 0 saturated carbocycles. The number of hydrogen-bond acceptors (Lipinski definition) is 3. The van der Waals surface area contributed by atoms with Gasteiger partial charge in [-0.15, -0.1) is 0 Å². The van der Waals surface area contributed by atoms with Gasteiger partial charge in [-0.05, 0) is 24.0 Å². The van der Waals surface area contributed by atoms with E-state index < -0.39 is 0 Å². The van der Waals surface area contributed by atoms with Crippen LogP contribution in [0.25, 0.3) is 0 Å². The quantitative estimate of drug-likeness (QED) is 0.593. The number of carbonyl (C=O) groups is 1. The summed E-state index contributed by atoms with van der Waals surface area (Å²) in [5.74, 6) is 0. The molecule has 2 atom stereocenters. The highest BCUT2D eigenvalue weighted by Crippen LogP contribution is 2.04. The molecule has 0 saturated heterocycles. The van der Waals surface area contributed by atoms with Crippen molar-refractivity contribution in [1.82, 2.24) is 10.6 Å². The summed E-state index contributed by atoms with van der Waals surface area (Å²) in [7, 11) is 0. The molecule has 5 heteroatoms. The molecule has 24 heavy (non-hydrogen) atoms. The molecule has 0 spiro atoms. The molecular weight excluding hydrogens is 304 g/mol. The zero-order valence-corrected chi connectivity index (χ0v) is 13.6. The average molecular weight is 328 g/mol. The lowest BCUT2D eigenvalue weighted by atomic mass is 10.1. The van der Waals surface area contributed by atoms with E-state index in [4.69, 9.17) is 0 Å². The van der Waals surface area contributed by atoms with Crippen LogP contribution in [-0.2, 0) is 12.8 Å². The largest absolute Gasteiger partial charge is 0.394 e. The second-order valence-corrected chi connectivity index (χ2v) is 5.76. The number of benzene rings is 2. The van der Waals surface area contributed by atoms with E-state index in [1.165, 1.54) is 0 Å². The van der Waals surface area contributed by atoms with Crippen LogP contribution in [0.5, 0.6) is 0 Å². The molecular formula is C19H24N2O3. The highest BCUT2D eigenvalue weighted by atomic mass is 16.3. The molecule has 0 bridgehead atoms. The van der Waals surface area contributed by atoms with Gasteiger partial charge in [0.2, 0.25) is 0 Å². The van der Waals surface area contributed by atoms with Crippen molar-refractivity contribution in [2.24, 2.45) is 0 Å². The van der Waals surface area contributed by atoms with Gasteiger partial charge in [0.25, 0.3) is 0 Å². The molecule has 0 unspecified atom stereocenters. The van der Waals surface area contributed by atoms with Gasteiger partial charge in [0.05, 0.1) is 25.3 Å². The van der Waals surface area contributed by atoms with Crippen LogP contribution in [-0.4, -0.2) is 41.5 Å².